The Kier molecular flexibility index (Phi) is 124. The molecule has 7 heteroatoms. The number of hydrogen-bond donors (Lipinski definition) is 0. The van der Waals surface area contributed by atoms with E-state index in [4.69, 9.17) is 15.8 Å². The molecule has 0 aromatic carbocycles. The van der Waals surface area contributed by atoms with Crippen LogP contribution in [0.15, 0.2) is 0 Å². The van der Waals surface area contributed by atoms with Crippen LogP contribution in [0, 0.1) is 76.1 Å². The molecule has 0 amide bonds. The summed E-state index contributed by atoms with van der Waals surface area (Å²) >= 11 is 11.1. The molecule has 1 radical (unpaired) electrons. The van der Waals surface area contributed by atoms with Crippen molar-refractivity contribution in [3.63, 3.8) is 0 Å². The molecular formula is C3AcN3S3-3. The van der Waals surface area contributed by atoms with Crippen LogP contribution in [-0.4, -0.2) is 0 Å². The minimum Gasteiger partial charge on any atom is -0.696 e. The van der Waals surface area contributed by atoms with Gasteiger partial charge >= 0.3 is 0 Å². The Balaban J connectivity index is -0.0000000257. The van der Waals surface area contributed by atoms with Gasteiger partial charge in [0.1, 0.15) is 0 Å². The molecule has 3 nitrogen and oxygen atoms in total. The van der Waals surface area contributed by atoms with E-state index in [9.17, 15) is 0 Å². The van der Waals surface area contributed by atoms with Gasteiger partial charge in [-0.3, -0.25) is 0 Å². The number of hydrogen-bond acceptors (Lipinski definition) is 6. The van der Waals surface area contributed by atoms with Gasteiger partial charge in [-0.2, -0.15) is 0 Å². The van der Waals surface area contributed by atoms with Crippen molar-refractivity contribution in [2.75, 3.05) is 0 Å². The van der Waals surface area contributed by atoms with Crippen molar-refractivity contribution in [3.8, 4) is 16.2 Å². The van der Waals surface area contributed by atoms with Crippen molar-refractivity contribution in [2.45, 2.75) is 0 Å². The van der Waals surface area contributed by atoms with E-state index in [0.717, 1.165) is 0 Å². The zero-order valence-corrected chi connectivity index (χ0v) is 11.8. The number of thiocyanates is 3. The minimum atomic E-state index is 0. The molecule has 0 aromatic heterocycles. The molecule has 0 aliphatic carbocycles. The standard InChI is InChI=1S/3CHNS.Ac/c3*2-1-3;/h3*3H;/p-3. The predicted octanol–water partition coefficient (Wildman–Crippen LogP) is 0.0431. The fourth-order valence-corrected chi connectivity index (χ4v) is 0. The van der Waals surface area contributed by atoms with Gasteiger partial charge in [0.2, 0.25) is 0 Å². The molecule has 0 N–H and O–H groups in total. The van der Waals surface area contributed by atoms with E-state index in [1.807, 2.05) is 0 Å². The molecule has 0 rings (SSSR count). The van der Waals surface area contributed by atoms with E-state index in [1.54, 1.807) is 0 Å². The Morgan fingerprint density at radius 1 is 0.700 bits per heavy atom. The number of nitrogens with zero attached hydrogens (tertiary/aromatic N) is 3. The maximum Gasteiger partial charge on any atom is 0 e. The Labute approximate surface area is 112 Å². The monoisotopic (exact) mass is 401 g/mol. The van der Waals surface area contributed by atoms with Crippen molar-refractivity contribution >= 4 is 37.9 Å². The second kappa shape index (κ2) is 55.1. The first kappa shape index (κ1) is 22.4. The van der Waals surface area contributed by atoms with E-state index in [2.05, 4.69) is 37.9 Å². The molecular weight excluding hydrogens is 401 g/mol. The Morgan fingerprint density at radius 3 is 0.700 bits per heavy atom. The third-order valence-corrected chi connectivity index (χ3v) is 0. The summed E-state index contributed by atoms with van der Waals surface area (Å²) in [6, 6.07) is 0. The smallest absolute Gasteiger partial charge is 0 e. The van der Waals surface area contributed by atoms with Gasteiger partial charge < -0.3 is 37.9 Å². The molecule has 51 valence electrons. The van der Waals surface area contributed by atoms with Crippen molar-refractivity contribution in [2.24, 2.45) is 0 Å². The summed E-state index contributed by atoms with van der Waals surface area (Å²) in [6.07, 6.45) is 0. The van der Waals surface area contributed by atoms with Gasteiger partial charge in [0.15, 0.2) is 0 Å². The van der Waals surface area contributed by atoms with E-state index in [0.29, 0.717) is 0 Å². The molecule has 0 aromatic rings. The van der Waals surface area contributed by atoms with Crippen LogP contribution >= 0.6 is 0 Å². The zero-order chi connectivity index (χ0) is 8.12. The first-order valence-corrected chi connectivity index (χ1v) is 2.51. The van der Waals surface area contributed by atoms with Crippen molar-refractivity contribution in [1.82, 2.24) is 0 Å². The molecule has 10 heavy (non-hydrogen) atoms. The topological polar surface area (TPSA) is 71.4 Å². The molecule has 0 heterocycles. The average molecular weight is 401 g/mol. The van der Waals surface area contributed by atoms with Crippen molar-refractivity contribution in [3.05, 3.63) is 0 Å². The van der Waals surface area contributed by atoms with Crippen LogP contribution in [0.4, 0.5) is 0 Å². The second-order valence-electron chi connectivity index (χ2n) is 0.274. The predicted molar refractivity (Wildman–Crippen MR) is 38.9 cm³/mol. The molecule has 0 bridgehead atoms. The second-order valence-corrected chi connectivity index (χ2v) is 0.822. The summed E-state index contributed by atoms with van der Waals surface area (Å²) in [7, 11) is 0. The summed E-state index contributed by atoms with van der Waals surface area (Å²) in [5.74, 6) is 0. The van der Waals surface area contributed by atoms with E-state index in [-0.39, 0.29) is 44.1 Å². The molecule has 0 atom stereocenters. The van der Waals surface area contributed by atoms with Crippen molar-refractivity contribution in [1.29, 1.82) is 15.8 Å². The summed E-state index contributed by atoms with van der Waals surface area (Å²) in [5, 5.41) is 25.4. The summed E-state index contributed by atoms with van der Waals surface area (Å²) < 4.78 is 0. The van der Waals surface area contributed by atoms with Crippen LogP contribution in [0.25, 0.3) is 0 Å². The van der Waals surface area contributed by atoms with Gasteiger partial charge in [0, 0.05) is 44.1 Å². The first-order chi connectivity index (χ1) is 4.24. The summed E-state index contributed by atoms with van der Waals surface area (Å²) in [6.45, 7) is 0. The maximum atomic E-state index is 7.13. The summed E-state index contributed by atoms with van der Waals surface area (Å²) in [5.41, 5.74) is 0. The SMILES string of the molecule is N#C[S-].N#C[S-].N#C[S-].[Ac]. The Morgan fingerprint density at radius 2 is 0.700 bits per heavy atom. The van der Waals surface area contributed by atoms with Crippen LogP contribution in [0.2, 0.25) is 0 Å². The van der Waals surface area contributed by atoms with Crippen LogP contribution in [0.5, 0.6) is 0 Å². The van der Waals surface area contributed by atoms with Crippen LogP contribution < -0.4 is 0 Å². The van der Waals surface area contributed by atoms with Gasteiger partial charge in [-0.25, -0.2) is 15.8 Å². The summed E-state index contributed by atoms with van der Waals surface area (Å²) in [4.78, 5) is 0. The van der Waals surface area contributed by atoms with Gasteiger partial charge in [-0.05, 0) is 0 Å². The largest absolute Gasteiger partial charge is 0.696 e. The fraction of sp³-hybridized carbons (Fsp3) is 0. The molecule has 0 fully saturated rings. The van der Waals surface area contributed by atoms with E-state index >= 15 is 0 Å². The average Bonchev–Trinajstić information content (AvgIpc) is 1.70. The Bertz CT molecular complexity index is 112. The van der Waals surface area contributed by atoms with Gasteiger partial charge in [0.25, 0.3) is 0 Å². The quantitative estimate of drug-likeness (QED) is 0.422. The van der Waals surface area contributed by atoms with Crippen molar-refractivity contribution < 1.29 is 44.1 Å². The maximum absolute atomic E-state index is 7.13. The molecule has 0 saturated heterocycles. The van der Waals surface area contributed by atoms with Gasteiger partial charge in [-0.1, -0.05) is 16.2 Å². The zero-order valence-electron chi connectivity index (χ0n) is 4.64. The molecule has 0 unspecified atom stereocenters. The molecule has 0 aliphatic heterocycles. The van der Waals surface area contributed by atoms with Gasteiger partial charge in [-0.15, -0.1) is 0 Å². The molecule has 0 aliphatic rings. The van der Waals surface area contributed by atoms with Crippen LogP contribution in [0.1, 0.15) is 0 Å². The number of rotatable bonds is 0. The first-order valence-electron chi connectivity index (χ1n) is 1.28. The Hall–Kier alpha value is 0.572. The third-order valence-electron chi connectivity index (χ3n) is 0. The van der Waals surface area contributed by atoms with E-state index < -0.39 is 0 Å². The fourth-order valence-electron chi connectivity index (χ4n) is 0. The minimum absolute atomic E-state index is 0. The molecule has 0 saturated carbocycles. The number of nitriles is 3. The van der Waals surface area contributed by atoms with Crippen LogP contribution in [-0.2, 0) is 37.9 Å². The normalized spacial score (nSPS) is 2.10. The third kappa shape index (κ3) is 1500. The van der Waals surface area contributed by atoms with E-state index in [1.165, 1.54) is 16.2 Å². The molecule has 0 spiro atoms. The van der Waals surface area contributed by atoms with Gasteiger partial charge in [0.05, 0.1) is 0 Å². The van der Waals surface area contributed by atoms with Crippen LogP contribution in [0.3, 0.4) is 0 Å².